The van der Waals surface area contributed by atoms with Gasteiger partial charge in [0.25, 0.3) is 0 Å². The van der Waals surface area contributed by atoms with E-state index in [0.717, 1.165) is 62.5 Å². The maximum Gasteiger partial charge on any atom is 0.310 e. The molecular weight excluding hydrogens is 540 g/mol. The predicted molar refractivity (Wildman–Crippen MR) is 179 cm³/mol. The van der Waals surface area contributed by atoms with Crippen LogP contribution in [0.4, 0.5) is 0 Å². The average molecular weight is 593 g/mol. The molecule has 44 heavy (non-hydrogen) atoms. The molecule has 4 fully saturated rings. The molecule has 0 spiro atoms. The Morgan fingerprint density at radius 2 is 1.61 bits per heavy atom. The number of carbonyl (C=O) groups is 2. The van der Waals surface area contributed by atoms with E-state index in [1.54, 1.807) is 0 Å². The van der Waals surface area contributed by atoms with Gasteiger partial charge in [-0.15, -0.1) is 0 Å². The van der Waals surface area contributed by atoms with Crippen LogP contribution < -0.4 is 0 Å². The summed E-state index contributed by atoms with van der Waals surface area (Å²) in [5.41, 5.74) is 2.58. The molecule has 3 nitrogen and oxygen atoms in total. The minimum Gasteiger partial charge on any atom is -0.481 e. The van der Waals surface area contributed by atoms with Gasteiger partial charge >= 0.3 is 5.97 Å². The number of hydrogen-bond acceptors (Lipinski definition) is 2. The lowest BCUT2D eigenvalue weighted by Gasteiger charge is -2.70. The second-order valence-corrected chi connectivity index (χ2v) is 17.1. The minimum absolute atomic E-state index is 0.00899. The van der Waals surface area contributed by atoms with Gasteiger partial charge in [-0.3, -0.25) is 9.59 Å². The minimum atomic E-state index is -0.615. The van der Waals surface area contributed by atoms with Crippen LogP contribution in [0.2, 0.25) is 0 Å². The van der Waals surface area contributed by atoms with Crippen molar-refractivity contribution in [2.45, 2.75) is 99.8 Å². The molecule has 0 amide bonds. The molecule has 0 unspecified atom stereocenters. The Hall–Kier alpha value is -2.68. The van der Waals surface area contributed by atoms with E-state index in [4.69, 9.17) is 0 Å². The zero-order valence-corrected chi connectivity index (χ0v) is 28.0. The van der Waals surface area contributed by atoms with Gasteiger partial charge in [0.05, 0.1) is 5.41 Å². The SMILES string of the molecule is C[C@H]1[C@H](C)CC[C@]2(C(=O)O)CC[C@]3(C)C(=CC[C@@H]4[C@@]5(C)C/C(=C\c6ccc7ccccc7c6)C(=O)C(C)(C)[C@@H]5CC[C@]43C)[C@H]12. The number of carbonyl (C=O) groups excluding carboxylic acids is 1. The molecule has 0 saturated heterocycles. The summed E-state index contributed by atoms with van der Waals surface area (Å²) in [4.78, 5) is 27.3. The normalized spacial score (nSPS) is 43.8. The van der Waals surface area contributed by atoms with Crippen LogP contribution in [0, 0.1) is 56.7 Å². The Morgan fingerprint density at radius 1 is 0.886 bits per heavy atom. The van der Waals surface area contributed by atoms with Gasteiger partial charge in [0.2, 0.25) is 0 Å². The molecule has 7 rings (SSSR count). The number of benzene rings is 2. The number of ketones is 1. The molecule has 0 aromatic heterocycles. The Morgan fingerprint density at radius 3 is 2.34 bits per heavy atom. The molecule has 4 saturated carbocycles. The number of carboxylic acids is 1. The highest BCUT2D eigenvalue weighted by molar-refractivity contribution is 6.04. The van der Waals surface area contributed by atoms with Crippen LogP contribution in [-0.4, -0.2) is 16.9 Å². The number of aliphatic carboxylic acids is 1. The van der Waals surface area contributed by atoms with E-state index < -0.39 is 16.8 Å². The third-order valence-corrected chi connectivity index (χ3v) is 15.1. The first kappa shape index (κ1) is 30.0. The second kappa shape index (κ2) is 9.66. The van der Waals surface area contributed by atoms with Gasteiger partial charge in [0.1, 0.15) is 0 Å². The van der Waals surface area contributed by atoms with E-state index in [1.165, 1.54) is 16.3 Å². The molecule has 2 aromatic rings. The Kier molecular flexibility index (Phi) is 6.59. The number of fused-ring (bicyclic) bond motifs is 8. The second-order valence-electron chi connectivity index (χ2n) is 17.1. The van der Waals surface area contributed by atoms with Crippen molar-refractivity contribution >= 4 is 28.6 Å². The van der Waals surface area contributed by atoms with Crippen LogP contribution >= 0.6 is 0 Å². The van der Waals surface area contributed by atoms with Gasteiger partial charge in [-0.1, -0.05) is 96.5 Å². The predicted octanol–water partition coefficient (Wildman–Crippen LogP) is 10.1. The summed E-state index contributed by atoms with van der Waals surface area (Å²) < 4.78 is 0. The summed E-state index contributed by atoms with van der Waals surface area (Å²) in [6.45, 7) is 16.7. The van der Waals surface area contributed by atoms with Crippen LogP contribution in [0.3, 0.4) is 0 Å². The molecule has 1 N–H and O–H groups in total. The maximum absolute atomic E-state index is 14.2. The van der Waals surface area contributed by atoms with Crippen LogP contribution in [0.5, 0.6) is 0 Å². The van der Waals surface area contributed by atoms with Crippen LogP contribution in [-0.2, 0) is 9.59 Å². The highest BCUT2D eigenvalue weighted by Crippen LogP contribution is 2.75. The molecule has 234 valence electrons. The fraction of sp³-hybridized carbons (Fsp3) is 0.610. The van der Waals surface area contributed by atoms with E-state index in [1.807, 2.05) is 0 Å². The van der Waals surface area contributed by atoms with E-state index in [2.05, 4.69) is 103 Å². The van der Waals surface area contributed by atoms with Crippen molar-refractivity contribution in [3.8, 4) is 0 Å². The van der Waals surface area contributed by atoms with Gasteiger partial charge in [-0.25, -0.2) is 0 Å². The molecule has 3 heteroatoms. The summed E-state index contributed by atoms with van der Waals surface area (Å²) in [6, 6.07) is 15.0. The average Bonchev–Trinajstić information content (AvgIpc) is 2.98. The molecule has 9 atom stereocenters. The topological polar surface area (TPSA) is 54.4 Å². The van der Waals surface area contributed by atoms with Crippen molar-refractivity contribution in [2.75, 3.05) is 0 Å². The van der Waals surface area contributed by atoms with E-state index in [0.29, 0.717) is 29.5 Å². The van der Waals surface area contributed by atoms with Crippen molar-refractivity contribution in [1.29, 1.82) is 0 Å². The standard InChI is InChI=1S/C41H52O3/c1-25-16-19-41(36(43)44)21-20-39(6)31(34(41)26(25)2)14-15-33-38(5)24-30(23-27-12-13-28-10-8-9-11-29(28)22-27)35(42)37(3,4)32(38)17-18-40(33,39)7/h8-14,22-23,25-26,32-34H,15-21,24H2,1-7H3,(H,43,44)/b30-23+/t25-,26+,32+,33-,34+,38+,39-,40-,41+/m1/s1. The number of allylic oxidation sites excluding steroid dienone is 3. The van der Waals surface area contributed by atoms with Gasteiger partial charge in [0.15, 0.2) is 5.78 Å². The highest BCUT2D eigenvalue weighted by atomic mass is 16.4. The summed E-state index contributed by atoms with van der Waals surface area (Å²) in [6.07, 6.45) is 12.3. The summed E-state index contributed by atoms with van der Waals surface area (Å²) in [5.74, 6) is 1.58. The molecule has 0 aliphatic heterocycles. The Balaban J connectivity index is 1.32. The monoisotopic (exact) mass is 592 g/mol. The highest BCUT2D eigenvalue weighted by Gasteiger charge is 2.70. The lowest BCUT2D eigenvalue weighted by atomic mass is 9.33. The summed E-state index contributed by atoms with van der Waals surface area (Å²) in [7, 11) is 0. The maximum atomic E-state index is 14.2. The van der Waals surface area contributed by atoms with Gasteiger partial charge < -0.3 is 5.11 Å². The molecule has 0 bridgehead atoms. The molecule has 0 radical (unpaired) electrons. The number of rotatable bonds is 2. The lowest BCUT2D eigenvalue weighted by Crippen LogP contribution is -2.65. The molecule has 0 heterocycles. The lowest BCUT2D eigenvalue weighted by molar-refractivity contribution is -0.185. The quantitative estimate of drug-likeness (QED) is 0.279. The van der Waals surface area contributed by atoms with E-state index >= 15 is 0 Å². The third kappa shape index (κ3) is 3.80. The van der Waals surface area contributed by atoms with Gasteiger partial charge in [-0.2, -0.15) is 0 Å². The number of carboxylic acid groups (broad SMARTS) is 1. The third-order valence-electron chi connectivity index (χ3n) is 15.1. The van der Waals surface area contributed by atoms with E-state index in [9.17, 15) is 14.7 Å². The summed E-state index contributed by atoms with van der Waals surface area (Å²) >= 11 is 0. The number of Topliss-reactive ketones (excluding diaryl/α,β-unsaturated/α-hetero) is 1. The molecular formula is C41H52O3. The Labute approximate surface area is 264 Å². The van der Waals surface area contributed by atoms with Crippen molar-refractivity contribution in [3.05, 3.63) is 65.3 Å². The van der Waals surface area contributed by atoms with Crippen molar-refractivity contribution < 1.29 is 14.7 Å². The number of hydrogen-bond donors (Lipinski definition) is 1. The molecule has 5 aliphatic rings. The smallest absolute Gasteiger partial charge is 0.310 e. The summed E-state index contributed by atoms with van der Waals surface area (Å²) in [5, 5.41) is 13.1. The first-order chi connectivity index (χ1) is 20.7. The first-order valence-electron chi connectivity index (χ1n) is 17.4. The first-order valence-corrected chi connectivity index (χ1v) is 17.4. The van der Waals surface area contributed by atoms with E-state index in [-0.39, 0.29) is 22.2 Å². The van der Waals surface area contributed by atoms with Crippen molar-refractivity contribution in [2.24, 2.45) is 56.7 Å². The fourth-order valence-electron chi connectivity index (χ4n) is 12.3. The fourth-order valence-corrected chi connectivity index (χ4v) is 12.3. The zero-order chi connectivity index (χ0) is 31.4. The van der Waals surface area contributed by atoms with Gasteiger partial charge in [0, 0.05) is 5.41 Å². The van der Waals surface area contributed by atoms with Crippen LogP contribution in [0.25, 0.3) is 16.8 Å². The molecule has 5 aliphatic carbocycles. The largest absolute Gasteiger partial charge is 0.481 e. The molecule has 2 aromatic carbocycles. The van der Waals surface area contributed by atoms with Crippen molar-refractivity contribution in [1.82, 2.24) is 0 Å². The Bertz CT molecular complexity index is 1610. The van der Waals surface area contributed by atoms with Crippen LogP contribution in [0.1, 0.15) is 105 Å². The van der Waals surface area contributed by atoms with Crippen molar-refractivity contribution in [3.63, 3.8) is 0 Å². The van der Waals surface area contributed by atoms with Gasteiger partial charge in [-0.05, 0) is 131 Å². The zero-order valence-electron chi connectivity index (χ0n) is 28.0. The van der Waals surface area contributed by atoms with Crippen LogP contribution in [0.15, 0.2) is 59.7 Å².